The summed E-state index contributed by atoms with van der Waals surface area (Å²) in [6.07, 6.45) is 1.54. The average Bonchev–Trinajstić information content (AvgIpc) is 3.32. The van der Waals surface area contributed by atoms with Crippen LogP contribution in [-0.4, -0.2) is 77.3 Å². The normalized spacial score (nSPS) is 30.4. The molecule has 2 unspecified atom stereocenters. The van der Waals surface area contributed by atoms with Crippen LogP contribution in [0.4, 0.5) is 0 Å². The molecule has 1 amide bonds. The van der Waals surface area contributed by atoms with Crippen LogP contribution in [0.2, 0.25) is 0 Å². The minimum absolute atomic E-state index is 0.197. The number of aromatic nitrogens is 1. The fourth-order valence-electron chi connectivity index (χ4n) is 6.60. The summed E-state index contributed by atoms with van der Waals surface area (Å²) in [7, 11) is 3.52. The zero-order valence-corrected chi connectivity index (χ0v) is 22.8. The topological polar surface area (TPSA) is 95.4 Å². The summed E-state index contributed by atoms with van der Waals surface area (Å²) in [5, 5.41) is 25.0. The minimum Gasteiger partial charge on any atom is -0.495 e. The Kier molecular flexibility index (Phi) is 6.22. The second kappa shape index (κ2) is 9.34. The highest BCUT2D eigenvalue weighted by Gasteiger charge is 2.78. The maximum absolute atomic E-state index is 14.3. The van der Waals surface area contributed by atoms with E-state index < -0.39 is 29.1 Å². The van der Waals surface area contributed by atoms with Gasteiger partial charge < -0.3 is 29.5 Å². The third-order valence-electron chi connectivity index (χ3n) is 8.41. The van der Waals surface area contributed by atoms with E-state index in [0.29, 0.717) is 35.7 Å². The van der Waals surface area contributed by atoms with E-state index in [2.05, 4.69) is 25.8 Å². The Labute approximate surface area is 229 Å². The number of nitrogens with zero attached hydrogens (tertiary/aromatic N) is 3. The van der Waals surface area contributed by atoms with E-state index in [1.165, 1.54) is 19.5 Å². The smallest absolute Gasteiger partial charge is 0.229 e. The summed E-state index contributed by atoms with van der Waals surface area (Å²) in [5.41, 5.74) is -1.79. The van der Waals surface area contributed by atoms with Crippen LogP contribution in [0.5, 0.6) is 11.5 Å². The molecule has 2 aromatic carbocycles. The summed E-state index contributed by atoms with van der Waals surface area (Å²) in [5.74, 6) is -1.27. The molecule has 0 radical (unpaired) electrons. The molecule has 198 valence electrons. The molecule has 3 aliphatic rings. The number of benzene rings is 2. The van der Waals surface area contributed by atoms with Gasteiger partial charge in [-0.3, -0.25) is 9.78 Å². The molecule has 5 atom stereocenters. The van der Waals surface area contributed by atoms with E-state index in [9.17, 15) is 15.0 Å². The van der Waals surface area contributed by atoms with E-state index in [1.54, 1.807) is 4.90 Å². The van der Waals surface area contributed by atoms with Crippen LogP contribution in [0.25, 0.3) is 0 Å². The van der Waals surface area contributed by atoms with Crippen LogP contribution < -0.4 is 9.47 Å². The van der Waals surface area contributed by atoms with Crippen molar-refractivity contribution in [3.05, 3.63) is 88.2 Å². The number of aliphatic hydroxyl groups excluding tert-OH is 1. The number of methoxy groups -OCH3 is 1. The van der Waals surface area contributed by atoms with Gasteiger partial charge in [-0.25, -0.2) is 0 Å². The first kappa shape index (κ1) is 25.3. The number of hydrogen-bond acceptors (Lipinski definition) is 7. The second-order valence-corrected chi connectivity index (χ2v) is 11.2. The summed E-state index contributed by atoms with van der Waals surface area (Å²) in [6.45, 7) is 2.58. The first-order valence-corrected chi connectivity index (χ1v) is 13.5. The Morgan fingerprint density at radius 3 is 2.42 bits per heavy atom. The van der Waals surface area contributed by atoms with Gasteiger partial charge in [0.2, 0.25) is 5.91 Å². The lowest BCUT2D eigenvalue weighted by atomic mass is 9.70. The molecule has 1 saturated heterocycles. The van der Waals surface area contributed by atoms with Gasteiger partial charge in [-0.05, 0) is 30.3 Å². The molecule has 0 bridgehead atoms. The maximum atomic E-state index is 14.3. The van der Waals surface area contributed by atoms with E-state index >= 15 is 0 Å². The number of likely N-dealkylation sites (N-methyl/N-ethyl adjacent to an activating group) is 1. The van der Waals surface area contributed by atoms with Crippen molar-refractivity contribution in [2.75, 3.05) is 40.3 Å². The molecule has 0 spiro atoms. The third-order valence-corrected chi connectivity index (χ3v) is 8.94. The van der Waals surface area contributed by atoms with Gasteiger partial charge in [-0.15, -0.1) is 0 Å². The SMILES string of the molecule is COc1cncc2c1[C@]1(O)[C@H](O)C(C(=O)N3CCN(C)CC3)C(c3ccccc3)[C@]1(c1ccc(Br)cc1)O2. The largest absolute Gasteiger partial charge is 0.495 e. The van der Waals surface area contributed by atoms with Crippen molar-refractivity contribution in [2.45, 2.75) is 23.2 Å². The van der Waals surface area contributed by atoms with Crippen LogP contribution in [0.3, 0.4) is 0 Å². The number of pyridine rings is 1. The van der Waals surface area contributed by atoms with Gasteiger partial charge in [0.1, 0.15) is 17.6 Å². The first-order chi connectivity index (χ1) is 18.3. The summed E-state index contributed by atoms with van der Waals surface area (Å²) >= 11 is 3.51. The Morgan fingerprint density at radius 1 is 1.08 bits per heavy atom. The van der Waals surface area contributed by atoms with Crippen molar-refractivity contribution in [2.24, 2.45) is 5.92 Å². The van der Waals surface area contributed by atoms with Crippen LogP contribution in [-0.2, 0) is 16.0 Å². The third kappa shape index (κ3) is 3.45. The van der Waals surface area contributed by atoms with Crippen molar-refractivity contribution in [1.82, 2.24) is 14.8 Å². The molecule has 1 saturated carbocycles. The Balaban J connectivity index is 1.62. The molecule has 8 nitrogen and oxygen atoms in total. The summed E-state index contributed by atoms with van der Waals surface area (Å²) in [6, 6.07) is 17.0. The number of rotatable bonds is 4. The van der Waals surface area contributed by atoms with Crippen molar-refractivity contribution in [3.8, 4) is 11.5 Å². The Morgan fingerprint density at radius 2 is 1.76 bits per heavy atom. The van der Waals surface area contributed by atoms with Gasteiger partial charge in [-0.1, -0.05) is 58.4 Å². The number of amides is 1. The fourth-order valence-corrected chi connectivity index (χ4v) is 6.87. The van der Waals surface area contributed by atoms with Crippen LogP contribution in [0, 0.1) is 5.92 Å². The number of fused-ring (bicyclic) bond motifs is 3. The van der Waals surface area contributed by atoms with Gasteiger partial charge in [0, 0.05) is 36.6 Å². The van der Waals surface area contributed by atoms with Gasteiger partial charge >= 0.3 is 0 Å². The number of ether oxygens (including phenoxy) is 2. The number of aliphatic hydroxyl groups is 2. The standard InChI is InChI=1S/C29H30BrN3O5/c1-32-12-14-33(15-13-32)27(35)23-24(18-6-4-3-5-7-18)29(19-8-10-20(30)11-9-19)28(36,26(23)34)25-21(37-2)16-31-17-22(25)38-29/h3-11,16-17,23-24,26,34,36H,12-15H2,1-2H3/t23?,24?,26-,28+,29+/m1/s1. The van der Waals surface area contributed by atoms with Crippen LogP contribution in [0.15, 0.2) is 71.5 Å². The van der Waals surface area contributed by atoms with Crippen LogP contribution >= 0.6 is 15.9 Å². The highest BCUT2D eigenvalue weighted by Crippen LogP contribution is 2.69. The van der Waals surface area contributed by atoms with E-state index in [-0.39, 0.29) is 5.91 Å². The fraction of sp³-hybridized carbons (Fsp3) is 0.379. The highest BCUT2D eigenvalue weighted by atomic mass is 79.9. The summed E-state index contributed by atoms with van der Waals surface area (Å²) < 4.78 is 13.2. The average molecular weight is 580 g/mol. The Bertz CT molecular complexity index is 1350. The number of carbonyl (C=O) groups excluding carboxylic acids is 1. The zero-order valence-electron chi connectivity index (χ0n) is 21.3. The molecule has 1 aromatic heterocycles. The first-order valence-electron chi connectivity index (χ1n) is 12.7. The highest BCUT2D eigenvalue weighted by molar-refractivity contribution is 9.10. The number of halogens is 1. The molecule has 1 aliphatic carbocycles. The molecule has 38 heavy (non-hydrogen) atoms. The number of carbonyl (C=O) groups is 1. The van der Waals surface area contributed by atoms with Crippen molar-refractivity contribution >= 4 is 21.8 Å². The molecule has 3 heterocycles. The molecule has 6 rings (SSSR count). The molecule has 3 aromatic rings. The molecule has 2 fully saturated rings. The lowest BCUT2D eigenvalue weighted by molar-refractivity contribution is -0.157. The van der Waals surface area contributed by atoms with Crippen molar-refractivity contribution in [3.63, 3.8) is 0 Å². The predicted molar refractivity (Wildman–Crippen MR) is 144 cm³/mol. The van der Waals surface area contributed by atoms with Crippen molar-refractivity contribution < 1.29 is 24.5 Å². The van der Waals surface area contributed by atoms with E-state index in [1.807, 2.05) is 61.6 Å². The molecular formula is C29H30BrN3O5. The van der Waals surface area contributed by atoms with Gasteiger partial charge in [0.15, 0.2) is 11.2 Å². The molecular weight excluding hydrogens is 550 g/mol. The monoisotopic (exact) mass is 579 g/mol. The van der Waals surface area contributed by atoms with Crippen LogP contribution in [0.1, 0.15) is 22.6 Å². The van der Waals surface area contributed by atoms with Gasteiger partial charge in [-0.2, -0.15) is 0 Å². The molecule has 2 aliphatic heterocycles. The predicted octanol–water partition coefficient (Wildman–Crippen LogP) is 2.88. The summed E-state index contributed by atoms with van der Waals surface area (Å²) in [4.78, 5) is 22.5. The minimum atomic E-state index is -2.00. The maximum Gasteiger partial charge on any atom is 0.229 e. The van der Waals surface area contributed by atoms with E-state index in [4.69, 9.17) is 9.47 Å². The van der Waals surface area contributed by atoms with Crippen molar-refractivity contribution in [1.29, 1.82) is 0 Å². The second-order valence-electron chi connectivity index (χ2n) is 10.3. The number of hydrogen-bond donors (Lipinski definition) is 2. The van der Waals surface area contributed by atoms with Gasteiger partial charge in [0.25, 0.3) is 0 Å². The zero-order chi connectivity index (χ0) is 26.7. The Hall–Kier alpha value is -2.98. The molecule has 2 N–H and O–H groups in total. The number of piperazine rings is 1. The molecule has 9 heteroatoms. The quantitative estimate of drug-likeness (QED) is 0.490. The van der Waals surface area contributed by atoms with Gasteiger partial charge in [0.05, 0.1) is 31.0 Å². The van der Waals surface area contributed by atoms with E-state index in [0.717, 1.165) is 23.1 Å². The lowest BCUT2D eigenvalue weighted by Crippen LogP contribution is -2.52. The lowest BCUT2D eigenvalue weighted by Gasteiger charge is -2.41.